The van der Waals surface area contributed by atoms with Crippen LogP contribution in [0.2, 0.25) is 0 Å². The highest BCUT2D eigenvalue weighted by atomic mass is 19.1. The van der Waals surface area contributed by atoms with Crippen LogP contribution in [0.1, 0.15) is 58.3 Å². The van der Waals surface area contributed by atoms with Crippen molar-refractivity contribution >= 4 is 5.70 Å². The first-order valence-corrected chi connectivity index (χ1v) is 11.3. The summed E-state index contributed by atoms with van der Waals surface area (Å²) in [6.45, 7) is 11.7. The number of nitrogens with two attached hydrogens (primary N) is 2. The van der Waals surface area contributed by atoms with Gasteiger partial charge in [0.15, 0.2) is 0 Å². The molecule has 1 unspecified atom stereocenters. The molecule has 1 atom stereocenters. The molecular weight excluding hydrogens is 472 g/mol. The number of hydrogen-bond donors (Lipinski definition) is 3. The number of terminal acetylenes is 3. The van der Waals surface area contributed by atoms with Crippen LogP contribution in [0.25, 0.3) is 5.70 Å². The number of benzene rings is 1. The number of nitrogens with zero attached hydrogens (tertiary/aromatic N) is 2. The summed E-state index contributed by atoms with van der Waals surface area (Å²) in [6.07, 6.45) is 28.9. The lowest BCUT2D eigenvalue weighted by atomic mass is 9.92. The normalized spacial score (nSPS) is 13.6. The van der Waals surface area contributed by atoms with E-state index < -0.39 is 11.6 Å². The fourth-order valence-corrected chi connectivity index (χ4v) is 2.83. The van der Waals surface area contributed by atoms with Gasteiger partial charge >= 0.3 is 0 Å². The monoisotopic (exact) mass is 511 g/mol. The molecule has 2 aromatic rings. The van der Waals surface area contributed by atoms with Crippen molar-refractivity contribution in [3.63, 3.8) is 0 Å². The highest BCUT2D eigenvalue weighted by molar-refractivity contribution is 5.66. The Morgan fingerprint density at radius 3 is 2.11 bits per heavy atom. The molecule has 0 bridgehead atoms. The summed E-state index contributed by atoms with van der Waals surface area (Å²) < 4.78 is 33.5. The van der Waals surface area contributed by atoms with Gasteiger partial charge in [0.2, 0.25) is 0 Å². The Balaban J connectivity index is -0.000000835. The number of aromatic amines is 1. The quantitative estimate of drug-likeness (QED) is 0.352. The van der Waals surface area contributed by atoms with Crippen molar-refractivity contribution in [1.29, 1.82) is 0 Å². The van der Waals surface area contributed by atoms with E-state index in [-0.39, 0.29) is 24.0 Å². The molecule has 0 fully saturated rings. The Morgan fingerprint density at radius 2 is 1.65 bits per heavy atom. The fraction of sp³-hybridized carbons (Fsp3) is 0.310. The number of halogens is 2. The summed E-state index contributed by atoms with van der Waals surface area (Å²) in [4.78, 5) is 3.99. The van der Waals surface area contributed by atoms with Gasteiger partial charge in [-0.2, -0.15) is 5.10 Å². The van der Waals surface area contributed by atoms with E-state index in [1.54, 1.807) is 0 Å². The molecule has 3 rings (SSSR count). The Kier molecular flexibility index (Phi) is 23.6. The van der Waals surface area contributed by atoms with Gasteiger partial charge in [0, 0.05) is 11.4 Å². The SMILES string of the molecule is C#C.C#C.C#C.C=C(C)C.CC.NC1=C(/C=C(\N)c2c(F)cccc2F)CCCC1OCc1ncn[nH]1. The summed E-state index contributed by atoms with van der Waals surface area (Å²) in [5.74, 6) is -0.813. The Labute approximate surface area is 221 Å². The van der Waals surface area contributed by atoms with Gasteiger partial charge in [-0.3, -0.25) is 5.10 Å². The van der Waals surface area contributed by atoms with E-state index >= 15 is 0 Å². The van der Waals surface area contributed by atoms with Gasteiger partial charge in [-0.05, 0) is 56.9 Å². The summed E-state index contributed by atoms with van der Waals surface area (Å²) in [6, 6.07) is 3.63. The van der Waals surface area contributed by atoms with Gasteiger partial charge in [-0.15, -0.1) is 45.1 Å². The second kappa shape index (κ2) is 23.4. The van der Waals surface area contributed by atoms with E-state index in [0.29, 0.717) is 17.9 Å². The second-order valence-corrected chi connectivity index (χ2v) is 7.01. The Hall–Kier alpha value is -4.32. The second-order valence-electron chi connectivity index (χ2n) is 7.01. The van der Waals surface area contributed by atoms with Crippen molar-refractivity contribution in [2.75, 3.05) is 0 Å². The summed E-state index contributed by atoms with van der Waals surface area (Å²) in [5, 5.41) is 6.46. The average Bonchev–Trinajstić information content (AvgIpc) is 3.43. The average molecular weight is 512 g/mol. The molecule has 1 aromatic carbocycles. The van der Waals surface area contributed by atoms with Crippen molar-refractivity contribution in [1.82, 2.24) is 15.2 Å². The van der Waals surface area contributed by atoms with E-state index in [9.17, 15) is 8.78 Å². The molecule has 5 N–H and O–H groups in total. The molecule has 0 saturated carbocycles. The standard InChI is InChI=1S/C17H19F2N5O.C4H8.C2H6.3C2H2/c18-11-4-2-5-12(19)16(11)13(20)7-10-3-1-6-14(17(10)21)25-8-15-22-9-23-24-15;1-4(2)3;4*1-2/h2,4-5,7,9,14H,1,3,6,8,20-21H2,(H,22,23,24);1H2,2-3H3;1-2H3;3*1-2H/b13-7-;;;;;. The highest BCUT2D eigenvalue weighted by Gasteiger charge is 2.22. The summed E-state index contributed by atoms with van der Waals surface area (Å²) in [7, 11) is 0. The predicted molar refractivity (Wildman–Crippen MR) is 150 cm³/mol. The number of allylic oxidation sites excluding steroid dienone is 3. The van der Waals surface area contributed by atoms with E-state index in [1.165, 1.54) is 36.2 Å². The van der Waals surface area contributed by atoms with Crippen molar-refractivity contribution in [2.24, 2.45) is 11.5 Å². The molecule has 0 saturated heterocycles. The van der Waals surface area contributed by atoms with Crippen LogP contribution >= 0.6 is 0 Å². The lowest BCUT2D eigenvalue weighted by Crippen LogP contribution is -2.26. The van der Waals surface area contributed by atoms with Crippen molar-refractivity contribution in [2.45, 2.75) is 59.7 Å². The molecule has 8 heteroatoms. The van der Waals surface area contributed by atoms with Crippen molar-refractivity contribution < 1.29 is 13.5 Å². The van der Waals surface area contributed by atoms with E-state index in [0.717, 1.165) is 18.4 Å². The van der Waals surface area contributed by atoms with E-state index in [1.807, 2.05) is 27.7 Å². The first-order valence-electron chi connectivity index (χ1n) is 11.3. The zero-order valence-electron chi connectivity index (χ0n) is 22.2. The van der Waals surface area contributed by atoms with Gasteiger partial charge in [0.1, 0.15) is 30.4 Å². The third-order valence-corrected chi connectivity index (χ3v) is 4.10. The zero-order valence-corrected chi connectivity index (χ0v) is 22.2. The van der Waals surface area contributed by atoms with Gasteiger partial charge in [-0.1, -0.05) is 25.5 Å². The number of rotatable bonds is 5. The van der Waals surface area contributed by atoms with E-state index in [4.69, 9.17) is 16.2 Å². The maximum Gasteiger partial charge on any atom is 0.150 e. The smallest absolute Gasteiger partial charge is 0.150 e. The first-order chi connectivity index (χ1) is 17.8. The Bertz CT molecular complexity index is 980. The molecule has 0 amide bonds. The number of H-pyrrole nitrogens is 1. The fourth-order valence-electron chi connectivity index (χ4n) is 2.83. The van der Waals surface area contributed by atoms with Crippen molar-refractivity contribution in [3.05, 3.63) is 77.0 Å². The molecule has 1 aromatic heterocycles. The maximum atomic E-state index is 13.9. The number of aromatic nitrogens is 3. The molecule has 37 heavy (non-hydrogen) atoms. The lowest BCUT2D eigenvalue weighted by Gasteiger charge is -2.25. The van der Waals surface area contributed by atoms with Gasteiger partial charge in [-0.25, -0.2) is 13.8 Å². The molecule has 1 heterocycles. The van der Waals surface area contributed by atoms with Gasteiger partial charge < -0.3 is 16.2 Å². The minimum absolute atomic E-state index is 0.00411. The number of ether oxygens (including phenoxy) is 1. The molecule has 0 spiro atoms. The minimum Gasteiger partial charge on any atom is -0.400 e. The minimum atomic E-state index is -0.707. The maximum absolute atomic E-state index is 13.9. The van der Waals surface area contributed by atoms with Crippen LogP contribution in [0.3, 0.4) is 0 Å². The van der Waals surface area contributed by atoms with Gasteiger partial charge in [0.25, 0.3) is 0 Å². The molecular formula is C29H39F2N5O. The summed E-state index contributed by atoms with van der Waals surface area (Å²) in [5.41, 5.74) is 14.3. The van der Waals surface area contributed by atoms with Crippen LogP contribution in [0.15, 0.2) is 54.0 Å². The predicted octanol–water partition coefficient (Wildman–Crippen LogP) is 5.72. The molecule has 0 radical (unpaired) electrons. The highest BCUT2D eigenvalue weighted by Crippen LogP contribution is 2.28. The molecule has 200 valence electrons. The van der Waals surface area contributed by atoms with Crippen LogP contribution in [0, 0.1) is 50.2 Å². The lowest BCUT2D eigenvalue weighted by molar-refractivity contribution is 0.0487. The zero-order chi connectivity index (χ0) is 29.4. The van der Waals surface area contributed by atoms with Crippen LogP contribution in [0.4, 0.5) is 8.78 Å². The Morgan fingerprint density at radius 1 is 1.14 bits per heavy atom. The number of nitrogens with one attached hydrogen (secondary N) is 1. The van der Waals surface area contributed by atoms with Crippen LogP contribution in [-0.4, -0.2) is 21.3 Å². The molecule has 6 nitrogen and oxygen atoms in total. The van der Waals surface area contributed by atoms with Crippen LogP contribution in [0.5, 0.6) is 0 Å². The van der Waals surface area contributed by atoms with Crippen LogP contribution < -0.4 is 11.5 Å². The van der Waals surface area contributed by atoms with Crippen molar-refractivity contribution in [3.8, 4) is 38.5 Å². The molecule has 1 aliphatic rings. The third-order valence-electron chi connectivity index (χ3n) is 4.10. The number of hydrogen-bond acceptors (Lipinski definition) is 5. The molecule has 0 aliphatic heterocycles. The third kappa shape index (κ3) is 14.6. The van der Waals surface area contributed by atoms with Crippen LogP contribution in [-0.2, 0) is 11.3 Å². The first kappa shape index (κ1) is 37.2. The molecule has 1 aliphatic carbocycles. The summed E-state index contributed by atoms with van der Waals surface area (Å²) >= 11 is 0. The van der Waals surface area contributed by atoms with Gasteiger partial charge in [0.05, 0.1) is 11.7 Å². The van der Waals surface area contributed by atoms with E-state index in [2.05, 4.69) is 60.3 Å². The topological polar surface area (TPSA) is 103 Å². The largest absolute Gasteiger partial charge is 0.400 e.